The second-order valence-electron chi connectivity index (χ2n) is 6.10. The number of fused-ring (bicyclic) bond motifs is 1. The molecule has 22 heavy (non-hydrogen) atoms. The average Bonchev–Trinajstić information content (AvgIpc) is 2.42. The molecule has 1 aromatic heterocycles. The average molecular weight is 300 g/mol. The van der Waals surface area contributed by atoms with E-state index in [1.165, 1.54) is 0 Å². The number of hydrogen-bond acceptors (Lipinski definition) is 4. The lowest BCUT2D eigenvalue weighted by molar-refractivity contribution is -0.153. The van der Waals surface area contributed by atoms with Gasteiger partial charge >= 0.3 is 5.97 Å². The van der Waals surface area contributed by atoms with Crippen molar-refractivity contribution in [3.05, 3.63) is 41.6 Å². The van der Waals surface area contributed by atoms with E-state index < -0.39 is 11.6 Å². The Morgan fingerprint density at radius 3 is 2.59 bits per heavy atom. The molecule has 0 bridgehead atoms. The Labute approximate surface area is 129 Å². The van der Waals surface area contributed by atoms with Crippen LogP contribution >= 0.6 is 0 Å². The normalized spacial score (nSPS) is 11.3. The Kier molecular flexibility index (Phi) is 4.45. The number of aromatic nitrogens is 1. The second-order valence-corrected chi connectivity index (χ2v) is 6.10. The summed E-state index contributed by atoms with van der Waals surface area (Å²) in [5.41, 5.74) is 1.44. The number of para-hydroxylation sites is 1. The van der Waals surface area contributed by atoms with Crippen molar-refractivity contribution < 1.29 is 14.3 Å². The topological polar surface area (TPSA) is 68.3 Å². The summed E-state index contributed by atoms with van der Waals surface area (Å²) in [4.78, 5) is 28.4. The van der Waals surface area contributed by atoms with Crippen LogP contribution in [0.5, 0.6) is 0 Å². The van der Waals surface area contributed by atoms with E-state index in [1.807, 2.05) is 31.2 Å². The van der Waals surface area contributed by atoms with Crippen molar-refractivity contribution in [2.45, 2.75) is 33.3 Å². The molecule has 0 radical (unpaired) electrons. The van der Waals surface area contributed by atoms with Crippen LogP contribution in [-0.2, 0) is 9.53 Å². The Hall–Kier alpha value is -2.43. The van der Waals surface area contributed by atoms with Gasteiger partial charge in [-0.2, -0.15) is 0 Å². The minimum Gasteiger partial charge on any atom is -0.459 e. The summed E-state index contributed by atoms with van der Waals surface area (Å²) in [7, 11) is 0. The zero-order valence-electron chi connectivity index (χ0n) is 13.3. The van der Waals surface area contributed by atoms with Gasteiger partial charge < -0.3 is 10.1 Å². The second kappa shape index (κ2) is 6.13. The van der Waals surface area contributed by atoms with Crippen LogP contribution in [0.4, 0.5) is 0 Å². The molecule has 0 aliphatic rings. The lowest BCUT2D eigenvalue weighted by Crippen LogP contribution is -2.34. The number of rotatable bonds is 3. The third-order valence-electron chi connectivity index (χ3n) is 2.90. The molecular weight excluding hydrogens is 280 g/mol. The Balaban J connectivity index is 2.15. The van der Waals surface area contributed by atoms with Crippen LogP contribution in [0.1, 0.15) is 36.8 Å². The molecule has 116 valence electrons. The number of esters is 1. The molecule has 0 spiro atoms. The summed E-state index contributed by atoms with van der Waals surface area (Å²) < 4.78 is 5.17. The van der Waals surface area contributed by atoms with E-state index >= 15 is 0 Å². The van der Waals surface area contributed by atoms with Crippen LogP contribution in [0.2, 0.25) is 0 Å². The van der Waals surface area contributed by atoms with Crippen molar-refractivity contribution in [1.29, 1.82) is 0 Å². The van der Waals surface area contributed by atoms with Gasteiger partial charge in [-0.05, 0) is 39.8 Å². The fraction of sp³-hybridized carbons (Fsp3) is 0.353. The monoisotopic (exact) mass is 300 g/mol. The van der Waals surface area contributed by atoms with E-state index in [0.717, 1.165) is 16.6 Å². The van der Waals surface area contributed by atoms with Crippen LogP contribution in [0.3, 0.4) is 0 Å². The molecule has 1 N–H and O–H groups in total. The summed E-state index contributed by atoms with van der Waals surface area (Å²) in [6, 6.07) is 9.13. The van der Waals surface area contributed by atoms with E-state index in [1.54, 1.807) is 26.8 Å². The van der Waals surface area contributed by atoms with Gasteiger partial charge in [0.15, 0.2) is 0 Å². The van der Waals surface area contributed by atoms with Crippen molar-refractivity contribution in [1.82, 2.24) is 10.3 Å². The molecule has 1 aromatic carbocycles. The summed E-state index contributed by atoms with van der Waals surface area (Å²) in [5.74, 6) is -0.775. The first-order valence-corrected chi connectivity index (χ1v) is 7.13. The number of nitrogens with zero attached hydrogens (tertiary/aromatic N) is 1. The molecule has 0 saturated carbocycles. The van der Waals surface area contributed by atoms with Gasteiger partial charge in [0, 0.05) is 11.1 Å². The minimum absolute atomic E-state index is 0.161. The molecule has 1 amide bonds. The number of nitrogens with one attached hydrogen (secondary N) is 1. The SMILES string of the molecule is Cc1cc(C(=O)NCC(=O)OC(C)(C)C)c2ccccc2n1. The van der Waals surface area contributed by atoms with Gasteiger partial charge in [-0.3, -0.25) is 14.6 Å². The van der Waals surface area contributed by atoms with Crippen LogP contribution in [-0.4, -0.2) is 29.0 Å². The molecule has 0 aliphatic carbocycles. The molecule has 2 aromatic rings. The van der Waals surface area contributed by atoms with Gasteiger partial charge in [0.1, 0.15) is 12.1 Å². The third-order valence-corrected chi connectivity index (χ3v) is 2.90. The largest absolute Gasteiger partial charge is 0.459 e. The van der Waals surface area contributed by atoms with Crippen LogP contribution in [0.25, 0.3) is 10.9 Å². The van der Waals surface area contributed by atoms with E-state index in [-0.39, 0.29) is 12.5 Å². The maximum atomic E-state index is 12.3. The Morgan fingerprint density at radius 2 is 1.91 bits per heavy atom. The maximum absolute atomic E-state index is 12.3. The minimum atomic E-state index is -0.568. The fourth-order valence-electron chi connectivity index (χ4n) is 2.12. The van der Waals surface area contributed by atoms with E-state index in [9.17, 15) is 9.59 Å². The smallest absolute Gasteiger partial charge is 0.325 e. The molecule has 0 aliphatic heterocycles. The Bertz CT molecular complexity index is 717. The molecule has 0 atom stereocenters. The molecule has 5 nitrogen and oxygen atoms in total. The zero-order valence-corrected chi connectivity index (χ0v) is 13.3. The number of amides is 1. The molecule has 0 unspecified atom stereocenters. The molecule has 5 heteroatoms. The van der Waals surface area contributed by atoms with Crippen molar-refractivity contribution in [3.63, 3.8) is 0 Å². The van der Waals surface area contributed by atoms with Crippen LogP contribution in [0, 0.1) is 6.92 Å². The standard InChI is InChI=1S/C17H20N2O3/c1-11-9-13(12-7-5-6-8-14(12)19-11)16(21)18-10-15(20)22-17(2,3)4/h5-9H,10H2,1-4H3,(H,18,21). The highest BCUT2D eigenvalue weighted by atomic mass is 16.6. The maximum Gasteiger partial charge on any atom is 0.325 e. The zero-order chi connectivity index (χ0) is 16.3. The van der Waals surface area contributed by atoms with Crippen LogP contribution in [0.15, 0.2) is 30.3 Å². The third kappa shape index (κ3) is 4.04. The first-order valence-electron chi connectivity index (χ1n) is 7.13. The number of pyridine rings is 1. The highest BCUT2D eigenvalue weighted by Crippen LogP contribution is 2.18. The van der Waals surface area contributed by atoms with Crippen molar-refractivity contribution in [3.8, 4) is 0 Å². The number of carbonyl (C=O) groups excluding carboxylic acids is 2. The molecular formula is C17H20N2O3. The van der Waals surface area contributed by atoms with Crippen molar-refractivity contribution in [2.75, 3.05) is 6.54 Å². The fourth-order valence-corrected chi connectivity index (χ4v) is 2.12. The summed E-state index contributed by atoms with van der Waals surface area (Å²) in [5, 5.41) is 3.36. The van der Waals surface area contributed by atoms with Crippen molar-refractivity contribution in [2.24, 2.45) is 0 Å². The highest BCUT2D eigenvalue weighted by molar-refractivity contribution is 6.06. The van der Waals surface area contributed by atoms with E-state index in [0.29, 0.717) is 5.56 Å². The first kappa shape index (κ1) is 15.9. The predicted octanol–water partition coefficient (Wildman–Crippen LogP) is 2.61. The van der Waals surface area contributed by atoms with Gasteiger partial charge in [-0.15, -0.1) is 0 Å². The number of carbonyl (C=O) groups is 2. The van der Waals surface area contributed by atoms with Crippen molar-refractivity contribution >= 4 is 22.8 Å². The number of aryl methyl sites for hydroxylation is 1. The van der Waals surface area contributed by atoms with Gasteiger partial charge in [-0.25, -0.2) is 0 Å². The lowest BCUT2D eigenvalue weighted by Gasteiger charge is -2.19. The summed E-state index contributed by atoms with van der Waals surface area (Å²) >= 11 is 0. The van der Waals surface area contributed by atoms with Gasteiger partial charge in [0.2, 0.25) is 0 Å². The number of benzene rings is 1. The number of ether oxygens (including phenoxy) is 1. The molecule has 1 heterocycles. The van der Waals surface area contributed by atoms with Gasteiger partial charge in [-0.1, -0.05) is 18.2 Å². The predicted molar refractivity (Wildman–Crippen MR) is 84.7 cm³/mol. The van der Waals surface area contributed by atoms with Gasteiger partial charge in [0.05, 0.1) is 11.1 Å². The highest BCUT2D eigenvalue weighted by Gasteiger charge is 2.18. The molecule has 0 fully saturated rings. The van der Waals surface area contributed by atoms with Gasteiger partial charge in [0.25, 0.3) is 5.91 Å². The summed E-state index contributed by atoms with van der Waals surface area (Å²) in [6.45, 7) is 7.02. The number of hydrogen-bond donors (Lipinski definition) is 1. The first-order chi connectivity index (χ1) is 10.3. The van der Waals surface area contributed by atoms with Crippen LogP contribution < -0.4 is 5.32 Å². The quantitative estimate of drug-likeness (QED) is 0.885. The molecule has 0 saturated heterocycles. The lowest BCUT2D eigenvalue weighted by atomic mass is 10.1. The Morgan fingerprint density at radius 1 is 1.23 bits per heavy atom. The summed E-state index contributed by atoms with van der Waals surface area (Å²) in [6.07, 6.45) is 0. The van der Waals surface area contributed by atoms with E-state index in [2.05, 4.69) is 10.3 Å². The van der Waals surface area contributed by atoms with E-state index in [4.69, 9.17) is 4.74 Å². The molecule has 2 rings (SSSR count).